The standard InChI is InChI=1S/C13H15N3/c1-12-5-2-6-13(11-12)16(9-3-7-14)10-4-8-15/h2,5-6,11H,3-4,9-10H2,1H3. The molecular weight excluding hydrogens is 198 g/mol. The summed E-state index contributed by atoms with van der Waals surface area (Å²) in [6.07, 6.45) is 0.971. The lowest BCUT2D eigenvalue weighted by Gasteiger charge is -2.22. The van der Waals surface area contributed by atoms with Crippen LogP contribution < -0.4 is 4.90 Å². The summed E-state index contributed by atoms with van der Waals surface area (Å²) in [6.45, 7) is 3.40. The van der Waals surface area contributed by atoms with Crippen LogP contribution >= 0.6 is 0 Å². The molecule has 1 rings (SSSR count). The van der Waals surface area contributed by atoms with E-state index >= 15 is 0 Å². The molecule has 0 aromatic heterocycles. The fourth-order valence-electron chi connectivity index (χ4n) is 1.56. The second kappa shape index (κ2) is 6.48. The van der Waals surface area contributed by atoms with Crippen LogP contribution in [0.3, 0.4) is 0 Å². The summed E-state index contributed by atoms with van der Waals surface area (Å²) in [5.41, 5.74) is 2.28. The third-order valence-electron chi connectivity index (χ3n) is 2.35. The highest BCUT2D eigenvalue weighted by atomic mass is 15.1. The summed E-state index contributed by atoms with van der Waals surface area (Å²) in [4.78, 5) is 2.08. The third-order valence-corrected chi connectivity index (χ3v) is 2.35. The number of anilines is 1. The molecule has 0 atom stereocenters. The van der Waals surface area contributed by atoms with Gasteiger partial charge in [-0.25, -0.2) is 0 Å². The predicted molar refractivity (Wildman–Crippen MR) is 63.9 cm³/mol. The normalized spacial score (nSPS) is 9.19. The zero-order valence-electron chi connectivity index (χ0n) is 9.48. The average molecular weight is 213 g/mol. The number of rotatable bonds is 5. The smallest absolute Gasteiger partial charge is 0.0640 e. The Hall–Kier alpha value is -2.00. The Bertz CT molecular complexity index is 394. The Kier molecular flexibility index (Phi) is 4.89. The zero-order valence-corrected chi connectivity index (χ0v) is 9.48. The molecule has 0 fully saturated rings. The summed E-state index contributed by atoms with van der Waals surface area (Å²) in [6, 6.07) is 12.4. The predicted octanol–water partition coefficient (Wildman–Crippen LogP) is 2.63. The van der Waals surface area contributed by atoms with Crippen LogP contribution in [0.2, 0.25) is 0 Å². The molecular formula is C13H15N3. The maximum Gasteiger partial charge on any atom is 0.0640 e. The molecule has 3 nitrogen and oxygen atoms in total. The van der Waals surface area contributed by atoms with Crippen molar-refractivity contribution in [3.05, 3.63) is 29.8 Å². The van der Waals surface area contributed by atoms with Crippen LogP contribution in [-0.2, 0) is 0 Å². The van der Waals surface area contributed by atoms with Gasteiger partial charge < -0.3 is 4.90 Å². The fraction of sp³-hybridized carbons (Fsp3) is 0.385. The molecule has 16 heavy (non-hydrogen) atoms. The van der Waals surface area contributed by atoms with Gasteiger partial charge in [0.25, 0.3) is 0 Å². The van der Waals surface area contributed by atoms with Crippen LogP contribution in [0, 0.1) is 29.6 Å². The first-order chi connectivity index (χ1) is 7.77. The maximum absolute atomic E-state index is 8.60. The lowest BCUT2D eigenvalue weighted by atomic mass is 10.2. The van der Waals surface area contributed by atoms with Crippen molar-refractivity contribution in [3.8, 4) is 12.1 Å². The largest absolute Gasteiger partial charge is 0.369 e. The Labute approximate surface area is 96.5 Å². The van der Waals surface area contributed by atoms with E-state index in [1.807, 2.05) is 25.1 Å². The van der Waals surface area contributed by atoms with Gasteiger partial charge in [0.2, 0.25) is 0 Å². The van der Waals surface area contributed by atoms with Gasteiger partial charge in [-0.2, -0.15) is 10.5 Å². The lowest BCUT2D eigenvalue weighted by Crippen LogP contribution is -2.25. The molecule has 1 aromatic carbocycles. The first kappa shape index (κ1) is 12.1. The molecule has 0 unspecified atom stereocenters. The fourth-order valence-corrected chi connectivity index (χ4v) is 1.56. The van der Waals surface area contributed by atoms with Gasteiger partial charge in [-0.1, -0.05) is 12.1 Å². The van der Waals surface area contributed by atoms with E-state index in [1.54, 1.807) is 0 Å². The number of nitrogens with zero attached hydrogens (tertiary/aromatic N) is 3. The van der Waals surface area contributed by atoms with Crippen LogP contribution in [0.25, 0.3) is 0 Å². The lowest BCUT2D eigenvalue weighted by molar-refractivity contribution is 0.796. The second-order valence-corrected chi connectivity index (χ2v) is 3.64. The van der Waals surface area contributed by atoms with Gasteiger partial charge in [0, 0.05) is 18.8 Å². The molecule has 3 heteroatoms. The Morgan fingerprint density at radius 1 is 1.12 bits per heavy atom. The van der Waals surface area contributed by atoms with Gasteiger partial charge in [-0.3, -0.25) is 0 Å². The third kappa shape index (κ3) is 3.63. The van der Waals surface area contributed by atoms with Crippen molar-refractivity contribution >= 4 is 5.69 Å². The van der Waals surface area contributed by atoms with Gasteiger partial charge in [-0.05, 0) is 24.6 Å². The summed E-state index contributed by atoms with van der Waals surface area (Å²) >= 11 is 0. The maximum atomic E-state index is 8.60. The monoisotopic (exact) mass is 213 g/mol. The highest BCUT2D eigenvalue weighted by molar-refractivity contribution is 5.48. The molecule has 0 amide bonds. The minimum absolute atomic E-state index is 0.485. The van der Waals surface area contributed by atoms with Gasteiger partial charge in [0.05, 0.1) is 25.0 Å². The molecule has 0 bridgehead atoms. The highest BCUT2D eigenvalue weighted by Gasteiger charge is 2.05. The van der Waals surface area contributed by atoms with Crippen LogP contribution in [-0.4, -0.2) is 13.1 Å². The molecule has 0 N–H and O–H groups in total. The number of aryl methyl sites for hydroxylation is 1. The van der Waals surface area contributed by atoms with Crippen molar-refractivity contribution in [2.45, 2.75) is 19.8 Å². The Morgan fingerprint density at radius 3 is 2.25 bits per heavy atom. The summed E-state index contributed by atoms with van der Waals surface area (Å²) < 4.78 is 0. The van der Waals surface area contributed by atoms with Crippen molar-refractivity contribution in [1.29, 1.82) is 10.5 Å². The van der Waals surface area contributed by atoms with E-state index in [-0.39, 0.29) is 0 Å². The molecule has 0 radical (unpaired) electrons. The van der Waals surface area contributed by atoms with E-state index in [9.17, 15) is 0 Å². The van der Waals surface area contributed by atoms with Gasteiger partial charge >= 0.3 is 0 Å². The molecule has 0 spiro atoms. The average Bonchev–Trinajstić information content (AvgIpc) is 2.29. The van der Waals surface area contributed by atoms with Crippen molar-refractivity contribution in [3.63, 3.8) is 0 Å². The Balaban J connectivity index is 2.75. The molecule has 0 aliphatic rings. The number of benzene rings is 1. The van der Waals surface area contributed by atoms with Gasteiger partial charge in [0.15, 0.2) is 0 Å². The van der Waals surface area contributed by atoms with E-state index in [2.05, 4.69) is 23.1 Å². The number of nitriles is 2. The number of hydrogen-bond donors (Lipinski definition) is 0. The first-order valence-electron chi connectivity index (χ1n) is 5.33. The molecule has 0 heterocycles. The minimum Gasteiger partial charge on any atom is -0.369 e. The summed E-state index contributed by atoms with van der Waals surface area (Å²) in [5, 5.41) is 17.2. The van der Waals surface area contributed by atoms with Crippen molar-refractivity contribution in [1.82, 2.24) is 0 Å². The molecule has 0 aliphatic carbocycles. The first-order valence-corrected chi connectivity index (χ1v) is 5.33. The Morgan fingerprint density at radius 2 is 1.75 bits per heavy atom. The van der Waals surface area contributed by atoms with Crippen molar-refractivity contribution in [2.24, 2.45) is 0 Å². The molecule has 0 saturated carbocycles. The topological polar surface area (TPSA) is 50.8 Å². The molecule has 0 aliphatic heterocycles. The number of hydrogen-bond acceptors (Lipinski definition) is 3. The van der Waals surface area contributed by atoms with E-state index in [1.165, 1.54) is 5.56 Å². The van der Waals surface area contributed by atoms with Crippen molar-refractivity contribution < 1.29 is 0 Å². The van der Waals surface area contributed by atoms with Gasteiger partial charge in [0.1, 0.15) is 0 Å². The summed E-state index contributed by atoms with van der Waals surface area (Å²) in [7, 11) is 0. The highest BCUT2D eigenvalue weighted by Crippen LogP contribution is 2.16. The van der Waals surface area contributed by atoms with E-state index in [0.29, 0.717) is 25.9 Å². The zero-order chi connectivity index (χ0) is 11.8. The minimum atomic E-state index is 0.485. The van der Waals surface area contributed by atoms with Crippen LogP contribution in [0.4, 0.5) is 5.69 Å². The van der Waals surface area contributed by atoms with E-state index in [0.717, 1.165) is 5.69 Å². The quantitative estimate of drug-likeness (QED) is 0.755. The second-order valence-electron chi connectivity index (χ2n) is 3.64. The molecule has 82 valence electrons. The summed E-state index contributed by atoms with van der Waals surface area (Å²) in [5.74, 6) is 0. The van der Waals surface area contributed by atoms with Crippen LogP contribution in [0.1, 0.15) is 18.4 Å². The van der Waals surface area contributed by atoms with Crippen LogP contribution in [0.15, 0.2) is 24.3 Å². The molecule has 1 aromatic rings. The van der Waals surface area contributed by atoms with Gasteiger partial charge in [-0.15, -0.1) is 0 Å². The van der Waals surface area contributed by atoms with Crippen molar-refractivity contribution in [2.75, 3.05) is 18.0 Å². The SMILES string of the molecule is Cc1cccc(N(CCC#N)CCC#N)c1. The van der Waals surface area contributed by atoms with E-state index in [4.69, 9.17) is 10.5 Å². The van der Waals surface area contributed by atoms with E-state index < -0.39 is 0 Å². The molecule has 0 saturated heterocycles. The van der Waals surface area contributed by atoms with Crippen LogP contribution in [0.5, 0.6) is 0 Å².